The molecule has 0 saturated heterocycles. The maximum Gasteiger partial charge on any atom is 0.0795 e. The van der Waals surface area contributed by atoms with Gasteiger partial charge in [-0.15, -0.1) is 11.3 Å². The second-order valence-corrected chi connectivity index (χ2v) is 5.09. The minimum absolute atomic E-state index is 0.320. The first-order valence-corrected chi connectivity index (χ1v) is 6.92. The van der Waals surface area contributed by atoms with E-state index in [9.17, 15) is 0 Å². The molecule has 1 aromatic carbocycles. The van der Waals surface area contributed by atoms with E-state index in [-0.39, 0.29) is 0 Å². The van der Waals surface area contributed by atoms with Crippen LogP contribution in [0.1, 0.15) is 36.8 Å². The van der Waals surface area contributed by atoms with Gasteiger partial charge in [-0.2, -0.15) is 0 Å². The molecular formula is C14H18N2S. The molecule has 0 radical (unpaired) electrons. The van der Waals surface area contributed by atoms with Gasteiger partial charge < -0.3 is 5.32 Å². The number of aryl methyl sites for hydroxylation is 1. The largest absolute Gasteiger partial charge is 0.377 e. The van der Waals surface area contributed by atoms with Crippen molar-refractivity contribution in [3.05, 3.63) is 46.4 Å². The summed E-state index contributed by atoms with van der Waals surface area (Å²) >= 11 is 1.70. The molecule has 2 nitrogen and oxygen atoms in total. The van der Waals surface area contributed by atoms with Crippen molar-refractivity contribution in [1.29, 1.82) is 0 Å². The van der Waals surface area contributed by atoms with Gasteiger partial charge in [-0.05, 0) is 25.0 Å². The van der Waals surface area contributed by atoms with E-state index in [4.69, 9.17) is 0 Å². The molecule has 1 atom stereocenters. The molecule has 1 aromatic heterocycles. The van der Waals surface area contributed by atoms with Gasteiger partial charge in [0.05, 0.1) is 11.6 Å². The summed E-state index contributed by atoms with van der Waals surface area (Å²) in [7, 11) is 0. The molecule has 90 valence electrons. The number of thiazole rings is 1. The average Bonchev–Trinajstić information content (AvgIpc) is 2.85. The summed E-state index contributed by atoms with van der Waals surface area (Å²) in [5, 5.41) is 3.57. The number of benzene rings is 1. The van der Waals surface area contributed by atoms with E-state index in [2.05, 4.69) is 48.4 Å². The van der Waals surface area contributed by atoms with Crippen molar-refractivity contribution in [3.8, 4) is 0 Å². The third kappa shape index (κ3) is 3.07. The zero-order valence-electron chi connectivity index (χ0n) is 10.3. The second kappa shape index (κ2) is 5.82. The number of rotatable bonds is 5. The van der Waals surface area contributed by atoms with E-state index in [0.717, 1.165) is 6.42 Å². The summed E-state index contributed by atoms with van der Waals surface area (Å²) < 4.78 is 0. The SMILES string of the molecule is CCCc1ccccc1NC(C)c1cncs1. The Morgan fingerprint density at radius 3 is 2.88 bits per heavy atom. The first-order valence-electron chi connectivity index (χ1n) is 6.04. The molecule has 2 rings (SSSR count). The molecule has 0 aliphatic heterocycles. The Morgan fingerprint density at radius 1 is 1.35 bits per heavy atom. The fraction of sp³-hybridized carbons (Fsp3) is 0.357. The van der Waals surface area contributed by atoms with Crippen molar-refractivity contribution >= 4 is 17.0 Å². The summed E-state index contributed by atoms with van der Waals surface area (Å²) in [6.07, 6.45) is 4.23. The Kier molecular flexibility index (Phi) is 4.15. The summed E-state index contributed by atoms with van der Waals surface area (Å²) in [5.74, 6) is 0. The molecule has 0 amide bonds. The van der Waals surface area contributed by atoms with Gasteiger partial charge in [0.1, 0.15) is 0 Å². The van der Waals surface area contributed by atoms with E-state index in [0.29, 0.717) is 6.04 Å². The van der Waals surface area contributed by atoms with Crippen LogP contribution in [0.25, 0.3) is 0 Å². The molecule has 17 heavy (non-hydrogen) atoms. The van der Waals surface area contributed by atoms with Crippen molar-refractivity contribution < 1.29 is 0 Å². The summed E-state index contributed by atoms with van der Waals surface area (Å²) in [5.41, 5.74) is 4.52. The zero-order valence-corrected chi connectivity index (χ0v) is 11.1. The Morgan fingerprint density at radius 2 is 2.18 bits per heavy atom. The van der Waals surface area contributed by atoms with E-state index in [1.807, 2.05) is 11.7 Å². The number of aromatic nitrogens is 1. The van der Waals surface area contributed by atoms with Crippen molar-refractivity contribution in [3.63, 3.8) is 0 Å². The molecule has 1 heterocycles. The van der Waals surface area contributed by atoms with E-state index >= 15 is 0 Å². The predicted octanol–water partition coefficient (Wildman–Crippen LogP) is 4.27. The third-order valence-corrected chi connectivity index (χ3v) is 3.75. The molecule has 1 N–H and O–H groups in total. The van der Waals surface area contributed by atoms with Crippen LogP contribution in [0.15, 0.2) is 36.0 Å². The standard InChI is InChI=1S/C14H18N2S/c1-3-6-12-7-4-5-8-13(12)16-11(2)14-9-15-10-17-14/h4-5,7-11,16H,3,6H2,1-2H3. The lowest BCUT2D eigenvalue weighted by molar-refractivity contribution is 0.880. The minimum Gasteiger partial charge on any atom is -0.377 e. The number of anilines is 1. The first-order chi connectivity index (χ1) is 8.31. The molecule has 0 saturated carbocycles. The quantitative estimate of drug-likeness (QED) is 0.852. The summed E-state index contributed by atoms with van der Waals surface area (Å²) in [6, 6.07) is 8.86. The molecule has 3 heteroatoms. The third-order valence-electron chi connectivity index (χ3n) is 2.79. The molecule has 0 aliphatic rings. The number of para-hydroxylation sites is 1. The molecule has 1 unspecified atom stereocenters. The second-order valence-electron chi connectivity index (χ2n) is 4.18. The van der Waals surface area contributed by atoms with Crippen LogP contribution in [0.5, 0.6) is 0 Å². The highest BCUT2D eigenvalue weighted by atomic mass is 32.1. The molecule has 0 bridgehead atoms. The van der Waals surface area contributed by atoms with Gasteiger partial charge in [-0.25, -0.2) is 0 Å². The van der Waals surface area contributed by atoms with Gasteiger partial charge in [0.25, 0.3) is 0 Å². The first kappa shape index (κ1) is 12.1. The maximum absolute atomic E-state index is 4.12. The monoisotopic (exact) mass is 246 g/mol. The lowest BCUT2D eigenvalue weighted by Gasteiger charge is -2.16. The lowest BCUT2D eigenvalue weighted by Crippen LogP contribution is -2.07. The molecule has 0 spiro atoms. The van der Waals surface area contributed by atoms with Crippen LogP contribution in [0.2, 0.25) is 0 Å². The molecule has 0 fully saturated rings. The minimum atomic E-state index is 0.320. The van der Waals surface area contributed by atoms with E-state index < -0.39 is 0 Å². The maximum atomic E-state index is 4.12. The van der Waals surface area contributed by atoms with Crippen LogP contribution in [-0.4, -0.2) is 4.98 Å². The highest BCUT2D eigenvalue weighted by Gasteiger charge is 2.08. The van der Waals surface area contributed by atoms with Gasteiger partial charge in [0.15, 0.2) is 0 Å². The highest BCUT2D eigenvalue weighted by Crippen LogP contribution is 2.24. The van der Waals surface area contributed by atoms with Crippen molar-refractivity contribution in [1.82, 2.24) is 4.98 Å². The topological polar surface area (TPSA) is 24.9 Å². The fourth-order valence-electron chi connectivity index (χ4n) is 1.89. The lowest BCUT2D eigenvalue weighted by atomic mass is 10.1. The van der Waals surface area contributed by atoms with Crippen LogP contribution in [0.4, 0.5) is 5.69 Å². The molecular weight excluding hydrogens is 228 g/mol. The zero-order chi connectivity index (χ0) is 12.1. The van der Waals surface area contributed by atoms with Gasteiger partial charge in [-0.1, -0.05) is 31.5 Å². The smallest absolute Gasteiger partial charge is 0.0795 e. The van der Waals surface area contributed by atoms with Crippen LogP contribution < -0.4 is 5.32 Å². The Labute approximate surface area is 107 Å². The van der Waals surface area contributed by atoms with Gasteiger partial charge >= 0.3 is 0 Å². The average molecular weight is 246 g/mol. The summed E-state index contributed by atoms with van der Waals surface area (Å²) in [6.45, 7) is 4.39. The van der Waals surface area contributed by atoms with Crippen LogP contribution in [0.3, 0.4) is 0 Å². The number of hydrogen-bond donors (Lipinski definition) is 1. The van der Waals surface area contributed by atoms with Crippen LogP contribution in [-0.2, 0) is 6.42 Å². The van der Waals surface area contributed by atoms with E-state index in [1.54, 1.807) is 11.3 Å². The van der Waals surface area contributed by atoms with E-state index in [1.165, 1.54) is 22.5 Å². The Bertz CT molecular complexity index is 451. The highest BCUT2D eigenvalue weighted by molar-refractivity contribution is 7.09. The van der Waals surface area contributed by atoms with Crippen LogP contribution in [0, 0.1) is 0 Å². The fourth-order valence-corrected chi connectivity index (χ4v) is 2.52. The number of nitrogens with zero attached hydrogens (tertiary/aromatic N) is 1. The number of hydrogen-bond acceptors (Lipinski definition) is 3. The van der Waals surface area contributed by atoms with Gasteiger partial charge in [0, 0.05) is 16.8 Å². The van der Waals surface area contributed by atoms with Gasteiger partial charge in [-0.3, -0.25) is 4.98 Å². The Balaban J connectivity index is 2.12. The normalized spacial score (nSPS) is 12.4. The molecule has 2 aromatic rings. The predicted molar refractivity (Wildman–Crippen MR) is 74.6 cm³/mol. The molecule has 0 aliphatic carbocycles. The van der Waals surface area contributed by atoms with Crippen molar-refractivity contribution in [2.75, 3.05) is 5.32 Å². The Hall–Kier alpha value is -1.35. The number of nitrogens with one attached hydrogen (secondary N) is 1. The van der Waals surface area contributed by atoms with Crippen molar-refractivity contribution in [2.24, 2.45) is 0 Å². The summed E-state index contributed by atoms with van der Waals surface area (Å²) in [4.78, 5) is 5.40. The van der Waals surface area contributed by atoms with Crippen LogP contribution >= 0.6 is 11.3 Å². The van der Waals surface area contributed by atoms with Gasteiger partial charge in [0.2, 0.25) is 0 Å². The van der Waals surface area contributed by atoms with Crippen molar-refractivity contribution in [2.45, 2.75) is 32.7 Å².